The lowest BCUT2D eigenvalue weighted by Crippen LogP contribution is -2.46. The van der Waals surface area contributed by atoms with Crippen LogP contribution in [-0.4, -0.2) is 31.6 Å². The average molecular weight is 278 g/mol. The Morgan fingerprint density at radius 2 is 1.95 bits per heavy atom. The Labute approximate surface area is 121 Å². The van der Waals surface area contributed by atoms with Crippen molar-refractivity contribution in [1.29, 1.82) is 0 Å². The van der Waals surface area contributed by atoms with E-state index in [-0.39, 0.29) is 0 Å². The van der Waals surface area contributed by atoms with Crippen LogP contribution in [0.3, 0.4) is 0 Å². The zero-order valence-electron chi connectivity index (χ0n) is 13.3. The van der Waals surface area contributed by atoms with Crippen molar-refractivity contribution in [3.05, 3.63) is 0 Å². The molecule has 0 aromatic rings. The number of nitrogens with zero attached hydrogens (tertiary/aromatic N) is 1. The molecule has 2 heteroatoms. The second-order valence-corrected chi connectivity index (χ2v) is 12.3. The van der Waals surface area contributed by atoms with Crippen LogP contribution in [0.4, 0.5) is 0 Å². The van der Waals surface area contributed by atoms with E-state index in [0.717, 1.165) is 24.4 Å². The van der Waals surface area contributed by atoms with Crippen LogP contribution < -0.4 is 0 Å². The van der Waals surface area contributed by atoms with Crippen LogP contribution in [0.5, 0.6) is 0 Å². The number of fused-ring (bicyclic) bond motifs is 1. The van der Waals surface area contributed by atoms with Gasteiger partial charge in [0.05, 0.1) is 0 Å². The maximum absolute atomic E-state index is 3.49. The van der Waals surface area contributed by atoms with Crippen LogP contribution in [0.2, 0.25) is 19.6 Å². The minimum Gasteiger partial charge on any atom is -0.297 e. The molecule has 0 aliphatic carbocycles. The summed E-state index contributed by atoms with van der Waals surface area (Å²) in [6.45, 7) is 10.8. The highest BCUT2D eigenvalue weighted by molar-refractivity contribution is 6.83. The lowest BCUT2D eigenvalue weighted by atomic mass is 9.85. The van der Waals surface area contributed by atoms with Gasteiger partial charge in [-0.15, -0.1) is 11.5 Å². The fourth-order valence-electron chi connectivity index (χ4n) is 3.76. The van der Waals surface area contributed by atoms with Gasteiger partial charge in [-0.2, -0.15) is 0 Å². The minimum atomic E-state index is -1.15. The second-order valence-electron chi connectivity index (χ2n) is 7.60. The van der Waals surface area contributed by atoms with Gasteiger partial charge in [-0.3, -0.25) is 4.90 Å². The van der Waals surface area contributed by atoms with Gasteiger partial charge in [0.2, 0.25) is 0 Å². The number of rotatable bonds is 3. The standard InChI is InChI=1S/C17H31NSi/c1-15-11-12-16(18-13-8-10-17(15)18)9-6-5-7-14-19(2,3)4/h15-17H,5-6,8-13H2,1-4H3/t15-,16-,17+/m1/s1. The Kier molecular flexibility index (Phi) is 5.14. The van der Waals surface area contributed by atoms with Gasteiger partial charge in [0, 0.05) is 18.5 Å². The van der Waals surface area contributed by atoms with Crippen molar-refractivity contribution >= 4 is 8.07 Å². The van der Waals surface area contributed by atoms with Crippen LogP contribution in [0.1, 0.15) is 51.9 Å². The first-order valence-corrected chi connectivity index (χ1v) is 11.7. The van der Waals surface area contributed by atoms with Crippen molar-refractivity contribution in [1.82, 2.24) is 4.90 Å². The lowest BCUT2D eigenvalue weighted by Gasteiger charge is -2.41. The molecule has 2 aliphatic heterocycles. The van der Waals surface area contributed by atoms with E-state index in [4.69, 9.17) is 0 Å². The predicted octanol–water partition coefficient (Wildman–Crippen LogP) is 4.30. The molecule has 0 amide bonds. The van der Waals surface area contributed by atoms with Crippen molar-refractivity contribution in [2.75, 3.05) is 6.54 Å². The molecule has 0 bridgehead atoms. The van der Waals surface area contributed by atoms with Crippen molar-refractivity contribution in [3.63, 3.8) is 0 Å². The first kappa shape index (κ1) is 15.1. The SMILES string of the molecule is C[C@@H]1CC[C@@H](CCCC#C[Si](C)(C)C)N2CCC[C@@H]12. The van der Waals surface area contributed by atoms with Gasteiger partial charge in [-0.05, 0) is 51.0 Å². The highest BCUT2D eigenvalue weighted by Crippen LogP contribution is 2.36. The third-order valence-electron chi connectivity index (χ3n) is 4.73. The van der Waals surface area contributed by atoms with E-state index in [1.54, 1.807) is 0 Å². The Morgan fingerprint density at radius 3 is 2.68 bits per heavy atom. The Morgan fingerprint density at radius 1 is 1.16 bits per heavy atom. The van der Waals surface area contributed by atoms with Gasteiger partial charge in [-0.1, -0.05) is 26.6 Å². The van der Waals surface area contributed by atoms with Crippen LogP contribution >= 0.6 is 0 Å². The molecule has 2 fully saturated rings. The van der Waals surface area contributed by atoms with E-state index < -0.39 is 8.07 Å². The largest absolute Gasteiger partial charge is 0.297 e. The smallest absolute Gasteiger partial charge is 0.129 e. The quantitative estimate of drug-likeness (QED) is 0.422. The number of piperidine rings is 1. The summed E-state index contributed by atoms with van der Waals surface area (Å²) < 4.78 is 0. The minimum absolute atomic E-state index is 0.873. The van der Waals surface area contributed by atoms with Crippen LogP contribution in [0, 0.1) is 17.4 Å². The summed E-state index contributed by atoms with van der Waals surface area (Å²) in [6.07, 6.45) is 9.57. The predicted molar refractivity (Wildman–Crippen MR) is 86.9 cm³/mol. The molecule has 0 radical (unpaired) electrons. The highest BCUT2D eigenvalue weighted by Gasteiger charge is 2.37. The van der Waals surface area contributed by atoms with E-state index in [2.05, 4.69) is 42.9 Å². The molecule has 2 saturated heterocycles. The Balaban J connectivity index is 1.75. The second kappa shape index (κ2) is 6.46. The van der Waals surface area contributed by atoms with Crippen molar-refractivity contribution in [3.8, 4) is 11.5 Å². The summed E-state index contributed by atoms with van der Waals surface area (Å²) in [5.74, 6) is 4.36. The van der Waals surface area contributed by atoms with Crippen LogP contribution in [-0.2, 0) is 0 Å². The molecule has 19 heavy (non-hydrogen) atoms. The number of hydrogen-bond donors (Lipinski definition) is 0. The molecule has 108 valence electrons. The molecule has 1 nitrogen and oxygen atoms in total. The van der Waals surface area contributed by atoms with E-state index in [1.165, 1.54) is 45.1 Å². The fourth-order valence-corrected chi connectivity index (χ4v) is 4.41. The van der Waals surface area contributed by atoms with Crippen LogP contribution in [0.15, 0.2) is 0 Å². The Hall–Kier alpha value is -0.263. The zero-order valence-corrected chi connectivity index (χ0v) is 14.3. The molecule has 3 atom stereocenters. The summed E-state index contributed by atoms with van der Waals surface area (Å²) in [6, 6.07) is 1.78. The molecule has 2 rings (SSSR count). The number of unbranched alkanes of at least 4 members (excludes halogenated alkanes) is 1. The molecule has 0 saturated carbocycles. The molecule has 2 aliphatic rings. The lowest BCUT2D eigenvalue weighted by molar-refractivity contribution is 0.0757. The van der Waals surface area contributed by atoms with Crippen molar-refractivity contribution in [2.45, 2.75) is 83.6 Å². The summed E-state index contributed by atoms with van der Waals surface area (Å²) in [7, 11) is -1.15. The van der Waals surface area contributed by atoms with Gasteiger partial charge in [0.1, 0.15) is 8.07 Å². The summed E-state index contributed by atoms with van der Waals surface area (Å²) in [5.41, 5.74) is 3.49. The van der Waals surface area contributed by atoms with Gasteiger partial charge in [0.15, 0.2) is 0 Å². The topological polar surface area (TPSA) is 3.24 Å². The molecular formula is C17H31NSi. The van der Waals surface area contributed by atoms with Gasteiger partial charge >= 0.3 is 0 Å². The zero-order chi connectivity index (χ0) is 13.9. The van der Waals surface area contributed by atoms with Gasteiger partial charge < -0.3 is 0 Å². The van der Waals surface area contributed by atoms with E-state index in [1.807, 2.05) is 0 Å². The molecule has 0 unspecified atom stereocenters. The molecular weight excluding hydrogens is 246 g/mol. The van der Waals surface area contributed by atoms with E-state index >= 15 is 0 Å². The number of hydrogen-bond acceptors (Lipinski definition) is 1. The normalized spacial score (nSPS) is 31.7. The van der Waals surface area contributed by atoms with Gasteiger partial charge in [0.25, 0.3) is 0 Å². The van der Waals surface area contributed by atoms with E-state index in [9.17, 15) is 0 Å². The molecule has 0 aromatic heterocycles. The first-order valence-electron chi connectivity index (χ1n) is 8.23. The average Bonchev–Trinajstić information content (AvgIpc) is 2.80. The maximum atomic E-state index is 3.49. The van der Waals surface area contributed by atoms with Crippen molar-refractivity contribution < 1.29 is 0 Å². The molecule has 0 aromatic carbocycles. The Bertz CT molecular complexity index is 346. The summed E-state index contributed by atoms with van der Waals surface area (Å²) >= 11 is 0. The van der Waals surface area contributed by atoms with Crippen LogP contribution in [0.25, 0.3) is 0 Å². The molecule has 0 spiro atoms. The third kappa shape index (κ3) is 4.36. The highest BCUT2D eigenvalue weighted by atomic mass is 28.3. The first-order chi connectivity index (χ1) is 8.97. The van der Waals surface area contributed by atoms with E-state index in [0.29, 0.717) is 0 Å². The summed E-state index contributed by atoms with van der Waals surface area (Å²) in [5, 5.41) is 0. The van der Waals surface area contributed by atoms with Gasteiger partial charge in [-0.25, -0.2) is 0 Å². The summed E-state index contributed by atoms with van der Waals surface area (Å²) in [4.78, 5) is 2.83. The molecule has 2 heterocycles. The van der Waals surface area contributed by atoms with Crippen molar-refractivity contribution in [2.24, 2.45) is 5.92 Å². The monoisotopic (exact) mass is 277 g/mol. The molecule has 0 N–H and O–H groups in total. The third-order valence-corrected chi connectivity index (χ3v) is 5.65. The maximum Gasteiger partial charge on any atom is 0.129 e. The fraction of sp³-hybridized carbons (Fsp3) is 0.882.